The molecule has 0 saturated heterocycles. The van der Waals surface area contributed by atoms with Crippen LogP contribution in [0.25, 0.3) is 0 Å². The molecule has 0 heterocycles. The number of halogens is 19. The van der Waals surface area contributed by atoms with Gasteiger partial charge >= 0.3 is 63.0 Å². The first kappa shape index (κ1) is 30.6. The lowest BCUT2D eigenvalue weighted by Crippen LogP contribution is -2.79. The highest BCUT2D eigenvalue weighted by Crippen LogP contribution is 2.72. The highest BCUT2D eigenvalue weighted by molar-refractivity contribution is 7.86. The first-order chi connectivity index (χ1) is 13.2. The predicted octanol–water partition coefficient (Wildman–Crippen LogP) is 5.68. The van der Waals surface area contributed by atoms with Gasteiger partial charge in [0.15, 0.2) is 0 Å². The van der Waals surface area contributed by atoms with Crippen LogP contribution in [0.3, 0.4) is 0 Å². The third-order valence-electron chi connectivity index (χ3n) is 3.62. The van der Waals surface area contributed by atoms with Gasteiger partial charge in [0, 0.05) is 0 Å². The zero-order chi connectivity index (χ0) is 27.0. The van der Waals surface area contributed by atoms with Crippen molar-refractivity contribution < 1.29 is 96.4 Å². The van der Waals surface area contributed by atoms with Gasteiger partial charge in [-0.25, -0.2) is 0 Å². The molecule has 0 bridgehead atoms. The van der Waals surface area contributed by atoms with E-state index in [1.165, 1.54) is 0 Å². The van der Waals surface area contributed by atoms with Crippen LogP contribution in [0.5, 0.6) is 0 Å². The number of rotatable bonds is 6. The van der Waals surface area contributed by atoms with Crippen LogP contribution < -0.4 is 0 Å². The number of alkyl halides is 19. The molecule has 23 heteroatoms. The van der Waals surface area contributed by atoms with Crippen molar-refractivity contribution >= 4 is 10.1 Å². The topological polar surface area (TPSA) is 54.4 Å². The molecule has 0 aliphatic heterocycles. The summed E-state index contributed by atoms with van der Waals surface area (Å²) in [4.78, 5) is 0. The molecule has 0 unspecified atom stereocenters. The van der Waals surface area contributed by atoms with Crippen LogP contribution in [0.1, 0.15) is 0 Å². The van der Waals surface area contributed by atoms with Gasteiger partial charge in [-0.1, -0.05) is 0 Å². The van der Waals surface area contributed by atoms with E-state index in [1.54, 1.807) is 0 Å². The van der Waals surface area contributed by atoms with E-state index < -0.39 is 63.0 Å². The van der Waals surface area contributed by atoms with Gasteiger partial charge in [-0.2, -0.15) is 91.8 Å². The molecule has 3 nitrogen and oxygen atoms in total. The van der Waals surface area contributed by atoms with Gasteiger partial charge in [-0.15, -0.1) is 0 Å². The summed E-state index contributed by atoms with van der Waals surface area (Å²) in [7, 11) is -8.62. The predicted molar refractivity (Wildman–Crippen MR) is 56.9 cm³/mol. The summed E-state index contributed by atoms with van der Waals surface area (Å²) >= 11 is 0. The second-order valence-electron chi connectivity index (χ2n) is 5.53. The van der Waals surface area contributed by atoms with E-state index in [9.17, 15) is 91.8 Å². The summed E-state index contributed by atoms with van der Waals surface area (Å²) in [5.74, 6) is -36.6. The van der Waals surface area contributed by atoms with Gasteiger partial charge in [0.25, 0.3) is 0 Å². The molecule has 0 rings (SSSR count). The first-order valence-corrected chi connectivity index (χ1v) is 7.75. The monoisotopic (exact) mass is 550 g/mol. The summed E-state index contributed by atoms with van der Waals surface area (Å²) in [6.45, 7) is 0. The minimum absolute atomic E-state index is 7.86. The van der Waals surface area contributed by atoms with E-state index in [0.29, 0.717) is 0 Å². The van der Waals surface area contributed by atoms with Crippen molar-refractivity contribution in [3.8, 4) is 0 Å². The Bertz CT molecular complexity index is 798. The number of hydrogen-bond donors (Lipinski definition) is 1. The molecule has 0 aliphatic rings. The summed E-state index contributed by atoms with van der Waals surface area (Å²) in [6.07, 6.45) is -25.9. The van der Waals surface area contributed by atoms with Gasteiger partial charge < -0.3 is 0 Å². The lowest BCUT2D eigenvalue weighted by Gasteiger charge is -2.48. The third-order valence-corrected chi connectivity index (χ3v) is 4.58. The highest BCUT2D eigenvalue weighted by Gasteiger charge is 3.03. The Kier molecular flexibility index (Phi) is 6.73. The summed E-state index contributed by atoms with van der Waals surface area (Å²) in [5, 5.41) is -8.73. The minimum Gasteiger partial charge on any atom is -0.281 e. The first-order valence-electron chi connectivity index (χ1n) is 6.31. The van der Waals surface area contributed by atoms with Crippen molar-refractivity contribution in [2.75, 3.05) is 0 Å². The molecule has 194 valence electrons. The molecule has 0 amide bonds. The standard InChI is InChI=1S/C9HF19O3S/c10-2(11,3(12,13)4(14,15)5(16,17)8(24,25)26)1(6(18,19)20,7(21,22)23)9(27,28)32(29,30)31/h(H,29,30,31). The van der Waals surface area contributed by atoms with Gasteiger partial charge in [-0.05, 0) is 0 Å². The molecule has 32 heavy (non-hydrogen) atoms. The van der Waals surface area contributed by atoms with E-state index in [2.05, 4.69) is 0 Å². The molecule has 1 N–H and O–H groups in total. The largest absolute Gasteiger partial charge is 0.460 e. The minimum atomic E-state index is -9.58. The SMILES string of the molecule is O=S(=O)(O)C(F)(F)C(C(F)(F)F)(C(F)(F)F)C(F)(F)C(F)(F)C(F)(F)C(F)(F)C(F)(F)F. The zero-order valence-corrected chi connectivity index (χ0v) is 14.2. The van der Waals surface area contributed by atoms with Crippen LogP contribution in [-0.4, -0.2) is 60.4 Å². The van der Waals surface area contributed by atoms with Crippen LogP contribution >= 0.6 is 0 Å². The lowest BCUT2D eigenvalue weighted by atomic mass is 9.74. The van der Waals surface area contributed by atoms with E-state index in [-0.39, 0.29) is 0 Å². The average molecular weight is 550 g/mol. The third kappa shape index (κ3) is 3.43. The van der Waals surface area contributed by atoms with E-state index in [0.717, 1.165) is 0 Å². The summed E-state index contributed by atoms with van der Waals surface area (Å²) in [6, 6.07) is 0. The van der Waals surface area contributed by atoms with Gasteiger partial charge in [-0.3, -0.25) is 4.55 Å². The highest BCUT2D eigenvalue weighted by atomic mass is 32.2. The quantitative estimate of drug-likeness (QED) is 0.342. The molecule has 0 fully saturated rings. The second kappa shape index (κ2) is 7.04. The van der Waals surface area contributed by atoms with Crippen molar-refractivity contribution in [1.29, 1.82) is 0 Å². The summed E-state index contributed by atoms with van der Waals surface area (Å²) in [5.41, 5.74) is -9.40. The molecular weight excluding hydrogens is 549 g/mol. The van der Waals surface area contributed by atoms with E-state index in [4.69, 9.17) is 4.55 Å². The Morgan fingerprint density at radius 1 is 0.406 bits per heavy atom. The average Bonchev–Trinajstić information content (AvgIpc) is 2.40. The Hall–Kier alpha value is -1.42. The molecule has 0 aromatic carbocycles. The van der Waals surface area contributed by atoms with Crippen LogP contribution in [0.2, 0.25) is 0 Å². The van der Waals surface area contributed by atoms with E-state index >= 15 is 0 Å². The van der Waals surface area contributed by atoms with Crippen molar-refractivity contribution in [3.05, 3.63) is 0 Å². The van der Waals surface area contributed by atoms with Crippen LogP contribution in [0.4, 0.5) is 83.4 Å². The van der Waals surface area contributed by atoms with Crippen molar-refractivity contribution in [1.82, 2.24) is 0 Å². The lowest BCUT2D eigenvalue weighted by molar-refractivity contribution is -0.494. The van der Waals surface area contributed by atoms with Crippen LogP contribution in [0.15, 0.2) is 0 Å². The second-order valence-corrected chi connectivity index (χ2v) is 7.00. The Balaban J connectivity index is 7.95. The molecule has 0 atom stereocenters. The molecule has 0 radical (unpaired) electrons. The van der Waals surface area contributed by atoms with Crippen molar-refractivity contribution in [2.24, 2.45) is 5.41 Å². The number of hydrogen-bond acceptors (Lipinski definition) is 2. The smallest absolute Gasteiger partial charge is 0.281 e. The maximum Gasteiger partial charge on any atom is 0.460 e. The molecule has 0 aliphatic carbocycles. The van der Waals surface area contributed by atoms with Crippen LogP contribution in [-0.2, 0) is 10.1 Å². The fourth-order valence-corrected chi connectivity index (χ4v) is 2.78. The van der Waals surface area contributed by atoms with E-state index in [1.807, 2.05) is 0 Å². The molecule has 0 saturated carbocycles. The van der Waals surface area contributed by atoms with Crippen molar-refractivity contribution in [2.45, 2.75) is 47.5 Å². The van der Waals surface area contributed by atoms with Gasteiger partial charge in [0.1, 0.15) is 0 Å². The molecular formula is C9HF19O3S. The molecule has 0 spiro atoms. The van der Waals surface area contributed by atoms with Crippen molar-refractivity contribution in [3.63, 3.8) is 0 Å². The normalized spacial score (nSPS) is 17.0. The molecule has 0 aromatic heterocycles. The molecule has 0 aromatic rings. The zero-order valence-electron chi connectivity index (χ0n) is 13.4. The maximum atomic E-state index is 13.7. The fourth-order valence-electron chi connectivity index (χ4n) is 2.03. The fraction of sp³-hybridized carbons (Fsp3) is 1.00. The summed E-state index contributed by atoms with van der Waals surface area (Å²) < 4.78 is 273. The Labute approximate surface area is 160 Å². The maximum absolute atomic E-state index is 13.7. The Morgan fingerprint density at radius 3 is 0.844 bits per heavy atom. The van der Waals surface area contributed by atoms with Gasteiger partial charge in [0.05, 0.1) is 0 Å². The Morgan fingerprint density at radius 2 is 0.656 bits per heavy atom. The van der Waals surface area contributed by atoms with Crippen LogP contribution in [0, 0.1) is 5.41 Å². The van der Waals surface area contributed by atoms with Gasteiger partial charge in [0.2, 0.25) is 0 Å².